The standard InChI is InChI=1S/C13H12Cl2N4O/c1-7(2)12-17-6-9(14)11(19-12)13(20)18-8-3-4-10(15)16-5-8/h3-7H,1-2H3,(H,18,20). The number of amides is 1. The minimum Gasteiger partial charge on any atom is -0.319 e. The maximum atomic E-state index is 12.1. The van der Waals surface area contributed by atoms with Gasteiger partial charge in [0.25, 0.3) is 5.91 Å². The summed E-state index contributed by atoms with van der Waals surface area (Å²) in [6.07, 6.45) is 2.89. The number of anilines is 1. The number of carbonyl (C=O) groups excluding carboxylic acids is 1. The number of rotatable bonds is 3. The quantitative estimate of drug-likeness (QED) is 0.880. The molecule has 0 bridgehead atoms. The van der Waals surface area contributed by atoms with Crippen molar-refractivity contribution in [2.75, 3.05) is 5.32 Å². The predicted octanol–water partition coefficient (Wildman–Crippen LogP) is 3.55. The molecule has 0 aliphatic rings. The van der Waals surface area contributed by atoms with Crippen LogP contribution in [0.1, 0.15) is 36.1 Å². The molecule has 1 amide bonds. The summed E-state index contributed by atoms with van der Waals surface area (Å²) in [4.78, 5) is 24.3. The number of nitrogens with zero attached hydrogens (tertiary/aromatic N) is 3. The second-order valence-corrected chi connectivity index (χ2v) is 5.20. The highest BCUT2D eigenvalue weighted by Crippen LogP contribution is 2.18. The van der Waals surface area contributed by atoms with E-state index in [2.05, 4.69) is 20.3 Å². The van der Waals surface area contributed by atoms with Crippen LogP contribution in [0.5, 0.6) is 0 Å². The largest absolute Gasteiger partial charge is 0.319 e. The summed E-state index contributed by atoms with van der Waals surface area (Å²) in [5, 5.41) is 3.21. The Kier molecular flexibility index (Phi) is 4.52. The summed E-state index contributed by atoms with van der Waals surface area (Å²) in [6, 6.07) is 3.23. The number of hydrogen-bond donors (Lipinski definition) is 1. The van der Waals surface area contributed by atoms with Gasteiger partial charge in [0.2, 0.25) is 0 Å². The average molecular weight is 311 g/mol. The zero-order chi connectivity index (χ0) is 14.7. The molecule has 2 aromatic heterocycles. The van der Waals surface area contributed by atoms with Gasteiger partial charge in [-0.05, 0) is 12.1 Å². The van der Waals surface area contributed by atoms with E-state index in [0.717, 1.165) is 0 Å². The first-order valence-corrected chi connectivity index (χ1v) is 6.68. The lowest BCUT2D eigenvalue weighted by molar-refractivity contribution is 0.102. The van der Waals surface area contributed by atoms with Crippen LogP contribution in [0, 0.1) is 0 Å². The van der Waals surface area contributed by atoms with Crippen molar-refractivity contribution >= 4 is 34.8 Å². The van der Waals surface area contributed by atoms with Gasteiger partial charge in [0.05, 0.1) is 23.1 Å². The molecule has 2 heterocycles. The highest BCUT2D eigenvalue weighted by atomic mass is 35.5. The molecule has 0 spiro atoms. The smallest absolute Gasteiger partial charge is 0.275 e. The molecule has 0 fully saturated rings. The molecule has 0 unspecified atom stereocenters. The van der Waals surface area contributed by atoms with Gasteiger partial charge < -0.3 is 5.32 Å². The molecule has 0 radical (unpaired) electrons. The molecule has 0 aromatic carbocycles. The molecule has 5 nitrogen and oxygen atoms in total. The number of aromatic nitrogens is 3. The Morgan fingerprint density at radius 2 is 1.95 bits per heavy atom. The fraction of sp³-hybridized carbons (Fsp3) is 0.231. The third kappa shape index (κ3) is 3.43. The van der Waals surface area contributed by atoms with E-state index in [0.29, 0.717) is 16.7 Å². The van der Waals surface area contributed by atoms with E-state index in [1.165, 1.54) is 12.4 Å². The molecule has 2 aromatic rings. The molecular weight excluding hydrogens is 299 g/mol. The molecule has 0 saturated heterocycles. The maximum Gasteiger partial charge on any atom is 0.275 e. The van der Waals surface area contributed by atoms with Crippen molar-refractivity contribution in [1.29, 1.82) is 0 Å². The van der Waals surface area contributed by atoms with Crippen LogP contribution >= 0.6 is 23.2 Å². The summed E-state index contributed by atoms with van der Waals surface area (Å²) < 4.78 is 0. The zero-order valence-corrected chi connectivity index (χ0v) is 12.4. The van der Waals surface area contributed by atoms with Gasteiger partial charge in [0.1, 0.15) is 11.0 Å². The second-order valence-electron chi connectivity index (χ2n) is 4.40. The van der Waals surface area contributed by atoms with Gasteiger partial charge in [-0.15, -0.1) is 0 Å². The molecular formula is C13H12Cl2N4O. The average Bonchev–Trinajstić information content (AvgIpc) is 2.41. The van der Waals surface area contributed by atoms with Crippen molar-refractivity contribution in [3.63, 3.8) is 0 Å². The van der Waals surface area contributed by atoms with Gasteiger partial charge in [-0.2, -0.15) is 0 Å². The fourth-order valence-electron chi connectivity index (χ4n) is 1.46. The van der Waals surface area contributed by atoms with Crippen LogP contribution in [0.15, 0.2) is 24.5 Å². The van der Waals surface area contributed by atoms with Crippen molar-refractivity contribution in [2.45, 2.75) is 19.8 Å². The van der Waals surface area contributed by atoms with Crippen LogP contribution in [-0.4, -0.2) is 20.9 Å². The van der Waals surface area contributed by atoms with E-state index < -0.39 is 5.91 Å². The Bertz CT molecular complexity index is 629. The lowest BCUT2D eigenvalue weighted by Crippen LogP contribution is -2.16. The van der Waals surface area contributed by atoms with E-state index in [-0.39, 0.29) is 16.6 Å². The van der Waals surface area contributed by atoms with Crippen LogP contribution in [0.2, 0.25) is 10.2 Å². The first kappa shape index (κ1) is 14.7. The lowest BCUT2D eigenvalue weighted by Gasteiger charge is -2.08. The van der Waals surface area contributed by atoms with Crippen LogP contribution in [0.25, 0.3) is 0 Å². The van der Waals surface area contributed by atoms with Gasteiger partial charge in [-0.25, -0.2) is 15.0 Å². The molecule has 0 saturated carbocycles. The second kappa shape index (κ2) is 6.15. The van der Waals surface area contributed by atoms with E-state index in [1.807, 2.05) is 13.8 Å². The van der Waals surface area contributed by atoms with Gasteiger partial charge in [0.15, 0.2) is 5.69 Å². The van der Waals surface area contributed by atoms with E-state index in [9.17, 15) is 4.79 Å². The minimum absolute atomic E-state index is 0.107. The number of hydrogen-bond acceptors (Lipinski definition) is 4. The Labute approximate surface area is 126 Å². The first-order chi connectivity index (χ1) is 9.47. The SMILES string of the molecule is CC(C)c1ncc(Cl)c(C(=O)Nc2ccc(Cl)nc2)n1. The Morgan fingerprint density at radius 1 is 1.20 bits per heavy atom. The van der Waals surface area contributed by atoms with Gasteiger partial charge in [-0.3, -0.25) is 4.79 Å². The summed E-state index contributed by atoms with van der Waals surface area (Å²) in [5.41, 5.74) is 0.653. The number of halogens is 2. The van der Waals surface area contributed by atoms with E-state index in [4.69, 9.17) is 23.2 Å². The summed E-state index contributed by atoms with van der Waals surface area (Å²) in [5.74, 6) is 0.258. The van der Waals surface area contributed by atoms with Crippen LogP contribution in [0.3, 0.4) is 0 Å². The number of carbonyl (C=O) groups is 1. The highest BCUT2D eigenvalue weighted by Gasteiger charge is 2.15. The van der Waals surface area contributed by atoms with Gasteiger partial charge >= 0.3 is 0 Å². The molecule has 0 aliphatic carbocycles. The molecule has 0 atom stereocenters. The van der Waals surface area contributed by atoms with Crippen molar-refractivity contribution in [2.24, 2.45) is 0 Å². The summed E-state index contributed by atoms with van der Waals surface area (Å²) in [7, 11) is 0. The molecule has 7 heteroatoms. The fourth-order valence-corrected chi connectivity index (χ4v) is 1.75. The monoisotopic (exact) mass is 310 g/mol. The van der Waals surface area contributed by atoms with Crippen molar-refractivity contribution < 1.29 is 4.79 Å². The van der Waals surface area contributed by atoms with E-state index in [1.54, 1.807) is 12.1 Å². The zero-order valence-electron chi connectivity index (χ0n) is 10.9. The normalized spacial score (nSPS) is 10.7. The van der Waals surface area contributed by atoms with Crippen molar-refractivity contribution in [3.05, 3.63) is 46.2 Å². The lowest BCUT2D eigenvalue weighted by atomic mass is 10.2. The topological polar surface area (TPSA) is 67.8 Å². The molecule has 0 aliphatic heterocycles. The third-order valence-corrected chi connectivity index (χ3v) is 2.98. The Hall–Kier alpha value is -1.72. The molecule has 2 rings (SSSR count). The van der Waals surface area contributed by atoms with Crippen LogP contribution in [0.4, 0.5) is 5.69 Å². The van der Waals surface area contributed by atoms with Crippen molar-refractivity contribution in [1.82, 2.24) is 15.0 Å². The number of pyridine rings is 1. The summed E-state index contributed by atoms with van der Waals surface area (Å²) >= 11 is 11.6. The Balaban J connectivity index is 2.24. The number of nitrogens with one attached hydrogen (secondary N) is 1. The highest BCUT2D eigenvalue weighted by molar-refractivity contribution is 6.34. The molecule has 20 heavy (non-hydrogen) atoms. The maximum absolute atomic E-state index is 12.1. The summed E-state index contributed by atoms with van der Waals surface area (Å²) in [6.45, 7) is 3.88. The molecule has 104 valence electrons. The minimum atomic E-state index is -0.413. The van der Waals surface area contributed by atoms with Gasteiger partial charge in [0, 0.05) is 5.92 Å². The van der Waals surface area contributed by atoms with Crippen LogP contribution < -0.4 is 5.32 Å². The van der Waals surface area contributed by atoms with E-state index >= 15 is 0 Å². The predicted molar refractivity (Wildman–Crippen MR) is 78.3 cm³/mol. The first-order valence-electron chi connectivity index (χ1n) is 5.92. The molecule has 1 N–H and O–H groups in total. The Morgan fingerprint density at radius 3 is 2.55 bits per heavy atom. The van der Waals surface area contributed by atoms with Crippen LogP contribution in [-0.2, 0) is 0 Å². The van der Waals surface area contributed by atoms with Gasteiger partial charge in [-0.1, -0.05) is 37.0 Å². The third-order valence-electron chi connectivity index (χ3n) is 2.48. The van der Waals surface area contributed by atoms with Crippen molar-refractivity contribution in [3.8, 4) is 0 Å².